The number of carbonyl (C=O) groups excluding carboxylic acids is 1. The third-order valence-electron chi connectivity index (χ3n) is 3.26. The number of nitrogens with one attached hydrogen (secondary N) is 2. The van der Waals surface area contributed by atoms with Crippen molar-refractivity contribution in [1.82, 2.24) is 10.6 Å². The molecule has 116 valence electrons. The van der Waals surface area contributed by atoms with Crippen molar-refractivity contribution in [3.05, 3.63) is 35.4 Å². The van der Waals surface area contributed by atoms with E-state index in [1.165, 1.54) is 0 Å². The molecule has 0 fully saturated rings. The van der Waals surface area contributed by atoms with E-state index in [1.807, 2.05) is 26.0 Å². The maximum Gasteiger partial charge on any atom is 0.303 e. The fourth-order valence-corrected chi connectivity index (χ4v) is 2.09. The van der Waals surface area contributed by atoms with Gasteiger partial charge in [-0.25, -0.2) is 0 Å². The molecule has 5 heteroatoms. The van der Waals surface area contributed by atoms with E-state index >= 15 is 0 Å². The third-order valence-corrected chi connectivity index (χ3v) is 3.26. The van der Waals surface area contributed by atoms with Crippen LogP contribution in [-0.4, -0.2) is 36.1 Å². The Morgan fingerprint density at radius 3 is 2.48 bits per heavy atom. The molecule has 3 N–H and O–H groups in total. The van der Waals surface area contributed by atoms with Gasteiger partial charge in [0.05, 0.1) is 0 Å². The van der Waals surface area contributed by atoms with Gasteiger partial charge in [0.25, 0.3) is 5.91 Å². The van der Waals surface area contributed by atoms with Crippen LogP contribution in [0.25, 0.3) is 0 Å². The number of hydrogen-bond donors (Lipinski definition) is 3. The van der Waals surface area contributed by atoms with Crippen LogP contribution in [0.4, 0.5) is 0 Å². The van der Waals surface area contributed by atoms with Gasteiger partial charge in [0.1, 0.15) is 0 Å². The second-order valence-corrected chi connectivity index (χ2v) is 5.12. The molecule has 1 rings (SSSR count). The van der Waals surface area contributed by atoms with Crippen LogP contribution in [0.3, 0.4) is 0 Å². The highest BCUT2D eigenvalue weighted by Gasteiger charge is 2.11. The van der Waals surface area contributed by atoms with E-state index in [0.29, 0.717) is 18.5 Å². The Morgan fingerprint density at radius 2 is 1.90 bits per heavy atom. The van der Waals surface area contributed by atoms with Crippen LogP contribution >= 0.6 is 0 Å². The largest absolute Gasteiger partial charge is 0.481 e. The molecule has 1 amide bonds. The summed E-state index contributed by atoms with van der Waals surface area (Å²) in [5.41, 5.74) is 1.76. The molecule has 0 aliphatic heterocycles. The number of carboxylic acids is 1. The smallest absolute Gasteiger partial charge is 0.303 e. The zero-order chi connectivity index (χ0) is 15.7. The summed E-state index contributed by atoms with van der Waals surface area (Å²) >= 11 is 0. The summed E-state index contributed by atoms with van der Waals surface area (Å²) < 4.78 is 0. The molecular formula is C16H24N2O3. The molecule has 0 saturated carbocycles. The zero-order valence-electron chi connectivity index (χ0n) is 12.7. The molecule has 0 heterocycles. The quantitative estimate of drug-likeness (QED) is 0.650. The molecule has 0 radical (unpaired) electrons. The normalized spacial score (nSPS) is 11.9. The van der Waals surface area contributed by atoms with Crippen molar-refractivity contribution in [3.8, 4) is 0 Å². The number of carbonyl (C=O) groups is 2. The van der Waals surface area contributed by atoms with E-state index in [0.717, 1.165) is 18.5 Å². The Bertz CT molecular complexity index is 457. The summed E-state index contributed by atoms with van der Waals surface area (Å²) in [5.74, 6) is -0.884. The molecule has 1 atom stereocenters. The van der Waals surface area contributed by atoms with Crippen LogP contribution in [0.1, 0.15) is 42.1 Å². The van der Waals surface area contributed by atoms with Gasteiger partial charge in [-0.05, 0) is 38.4 Å². The van der Waals surface area contributed by atoms with E-state index in [1.54, 1.807) is 12.1 Å². The lowest BCUT2D eigenvalue weighted by atomic mass is 10.1. The summed E-state index contributed by atoms with van der Waals surface area (Å²) in [6, 6.07) is 7.52. The van der Waals surface area contributed by atoms with Gasteiger partial charge in [0.15, 0.2) is 0 Å². The summed E-state index contributed by atoms with van der Waals surface area (Å²) in [6.07, 6.45) is 1.50. The number of benzene rings is 1. The maximum absolute atomic E-state index is 12.0. The van der Waals surface area contributed by atoms with Crippen LogP contribution in [0.5, 0.6) is 0 Å². The molecule has 5 nitrogen and oxygen atoms in total. The van der Waals surface area contributed by atoms with Gasteiger partial charge < -0.3 is 15.7 Å². The second-order valence-electron chi connectivity index (χ2n) is 5.12. The maximum atomic E-state index is 12.0. The highest BCUT2D eigenvalue weighted by Crippen LogP contribution is 2.04. The highest BCUT2D eigenvalue weighted by atomic mass is 16.4. The van der Waals surface area contributed by atoms with Crippen LogP contribution in [-0.2, 0) is 4.79 Å². The third kappa shape index (κ3) is 6.90. The monoisotopic (exact) mass is 292 g/mol. The molecule has 0 spiro atoms. The van der Waals surface area contributed by atoms with Crippen molar-refractivity contribution in [2.24, 2.45) is 0 Å². The molecule has 0 saturated heterocycles. The first-order valence-corrected chi connectivity index (χ1v) is 7.33. The minimum Gasteiger partial charge on any atom is -0.481 e. The summed E-state index contributed by atoms with van der Waals surface area (Å²) in [6.45, 7) is 5.26. The Kier molecular flexibility index (Phi) is 7.46. The van der Waals surface area contributed by atoms with Crippen molar-refractivity contribution in [3.63, 3.8) is 0 Å². The minimum absolute atomic E-state index is 0.101. The summed E-state index contributed by atoms with van der Waals surface area (Å²) in [5, 5.41) is 14.8. The first-order chi connectivity index (χ1) is 10.0. The van der Waals surface area contributed by atoms with Crippen LogP contribution in [0.2, 0.25) is 0 Å². The molecule has 1 unspecified atom stereocenters. The Labute approximate surface area is 125 Å². The zero-order valence-corrected chi connectivity index (χ0v) is 12.7. The number of rotatable bonds is 9. The van der Waals surface area contributed by atoms with Gasteiger partial charge in [0, 0.05) is 24.6 Å². The summed E-state index contributed by atoms with van der Waals surface area (Å²) in [4.78, 5) is 22.5. The molecule has 21 heavy (non-hydrogen) atoms. The lowest BCUT2D eigenvalue weighted by Gasteiger charge is -2.18. The number of likely N-dealkylation sites (N-methyl/N-ethyl adjacent to an activating group) is 1. The number of amides is 1. The fourth-order valence-electron chi connectivity index (χ4n) is 2.09. The standard InChI is InChI=1S/C16H24N2O3/c1-3-17-14(5-4-6-15(19)20)11-18-16(21)13-9-7-12(2)8-10-13/h7-10,14,17H,3-6,11H2,1-2H3,(H,18,21)(H,19,20). The number of hydrogen-bond acceptors (Lipinski definition) is 3. The number of aliphatic carboxylic acids is 1. The van der Waals surface area contributed by atoms with E-state index < -0.39 is 5.97 Å². The average Bonchev–Trinajstić information content (AvgIpc) is 2.44. The predicted molar refractivity (Wildman–Crippen MR) is 82.5 cm³/mol. The van der Waals surface area contributed by atoms with Crippen LogP contribution in [0.15, 0.2) is 24.3 Å². The van der Waals surface area contributed by atoms with Crippen molar-refractivity contribution in [2.45, 2.75) is 39.2 Å². The topological polar surface area (TPSA) is 78.4 Å². The van der Waals surface area contributed by atoms with E-state index in [2.05, 4.69) is 10.6 Å². The van der Waals surface area contributed by atoms with Crippen molar-refractivity contribution in [1.29, 1.82) is 0 Å². The van der Waals surface area contributed by atoms with Crippen LogP contribution in [0, 0.1) is 6.92 Å². The van der Waals surface area contributed by atoms with E-state index in [9.17, 15) is 9.59 Å². The van der Waals surface area contributed by atoms with Gasteiger partial charge >= 0.3 is 5.97 Å². The molecule has 1 aromatic rings. The second kappa shape index (κ2) is 9.13. The van der Waals surface area contributed by atoms with Gasteiger partial charge in [0.2, 0.25) is 0 Å². The fraction of sp³-hybridized carbons (Fsp3) is 0.500. The Hall–Kier alpha value is -1.88. The van der Waals surface area contributed by atoms with Gasteiger partial charge in [-0.1, -0.05) is 24.6 Å². The predicted octanol–water partition coefficient (Wildman–Crippen LogP) is 1.96. The van der Waals surface area contributed by atoms with Gasteiger partial charge in [-0.3, -0.25) is 9.59 Å². The molecule has 0 aliphatic carbocycles. The first kappa shape index (κ1) is 17.2. The molecule has 0 bridgehead atoms. The number of aryl methyl sites for hydroxylation is 1. The molecular weight excluding hydrogens is 268 g/mol. The Balaban J connectivity index is 2.42. The van der Waals surface area contributed by atoms with Gasteiger partial charge in [-0.15, -0.1) is 0 Å². The van der Waals surface area contributed by atoms with Crippen LogP contribution < -0.4 is 10.6 Å². The Morgan fingerprint density at radius 1 is 1.24 bits per heavy atom. The van der Waals surface area contributed by atoms with Crippen molar-refractivity contribution >= 4 is 11.9 Å². The summed E-state index contributed by atoms with van der Waals surface area (Å²) in [7, 11) is 0. The molecule has 1 aromatic carbocycles. The lowest BCUT2D eigenvalue weighted by Crippen LogP contribution is -2.40. The minimum atomic E-state index is -0.783. The molecule has 0 aliphatic rings. The van der Waals surface area contributed by atoms with E-state index in [4.69, 9.17) is 5.11 Å². The first-order valence-electron chi connectivity index (χ1n) is 7.33. The lowest BCUT2D eigenvalue weighted by molar-refractivity contribution is -0.137. The highest BCUT2D eigenvalue weighted by molar-refractivity contribution is 5.94. The van der Waals surface area contributed by atoms with Gasteiger partial charge in [-0.2, -0.15) is 0 Å². The SMILES string of the molecule is CCNC(CCCC(=O)O)CNC(=O)c1ccc(C)cc1. The van der Waals surface area contributed by atoms with Crippen molar-refractivity contribution < 1.29 is 14.7 Å². The average molecular weight is 292 g/mol. The number of carboxylic acid groups (broad SMARTS) is 1. The van der Waals surface area contributed by atoms with E-state index in [-0.39, 0.29) is 18.4 Å². The molecule has 0 aromatic heterocycles. The van der Waals surface area contributed by atoms with Crippen molar-refractivity contribution in [2.75, 3.05) is 13.1 Å².